The Kier molecular flexibility index (Phi) is 6.82. The summed E-state index contributed by atoms with van der Waals surface area (Å²) in [5, 5.41) is 0. The predicted octanol–water partition coefficient (Wildman–Crippen LogP) is 2.68. The predicted molar refractivity (Wildman–Crippen MR) is 83.4 cm³/mol. The van der Waals surface area contributed by atoms with Crippen molar-refractivity contribution in [1.82, 2.24) is 4.90 Å². The van der Waals surface area contributed by atoms with Gasteiger partial charge in [-0.2, -0.15) is 0 Å². The van der Waals surface area contributed by atoms with Gasteiger partial charge in [0.1, 0.15) is 11.5 Å². The van der Waals surface area contributed by atoms with E-state index in [0.29, 0.717) is 12.5 Å². The number of methoxy groups -OCH3 is 2. The SMILES string of the molecule is CCN(CC(C)C)C(CN)c1ccc(OC)cc1OC. The molecule has 4 nitrogen and oxygen atoms in total. The summed E-state index contributed by atoms with van der Waals surface area (Å²) in [5.41, 5.74) is 7.15. The van der Waals surface area contributed by atoms with Gasteiger partial charge in [-0.15, -0.1) is 0 Å². The average Bonchev–Trinajstić information content (AvgIpc) is 2.46. The fourth-order valence-corrected chi connectivity index (χ4v) is 2.51. The summed E-state index contributed by atoms with van der Waals surface area (Å²) >= 11 is 0. The zero-order chi connectivity index (χ0) is 15.1. The topological polar surface area (TPSA) is 47.7 Å². The van der Waals surface area contributed by atoms with Crippen LogP contribution in [0, 0.1) is 5.92 Å². The fraction of sp³-hybridized carbons (Fsp3) is 0.625. The quantitative estimate of drug-likeness (QED) is 0.795. The highest BCUT2D eigenvalue weighted by Crippen LogP contribution is 2.32. The average molecular weight is 280 g/mol. The maximum Gasteiger partial charge on any atom is 0.127 e. The minimum atomic E-state index is 0.170. The number of hydrogen-bond acceptors (Lipinski definition) is 4. The molecule has 2 N–H and O–H groups in total. The van der Waals surface area contributed by atoms with E-state index in [9.17, 15) is 0 Å². The van der Waals surface area contributed by atoms with Gasteiger partial charge in [0.2, 0.25) is 0 Å². The van der Waals surface area contributed by atoms with E-state index >= 15 is 0 Å². The van der Waals surface area contributed by atoms with Crippen LogP contribution in [0.1, 0.15) is 32.4 Å². The lowest BCUT2D eigenvalue weighted by Gasteiger charge is -2.32. The summed E-state index contributed by atoms with van der Waals surface area (Å²) in [4.78, 5) is 2.40. The molecule has 0 fully saturated rings. The molecule has 0 aliphatic rings. The summed E-state index contributed by atoms with van der Waals surface area (Å²) in [5.74, 6) is 2.24. The van der Waals surface area contributed by atoms with Gasteiger partial charge < -0.3 is 15.2 Å². The molecule has 114 valence electrons. The van der Waals surface area contributed by atoms with Gasteiger partial charge in [0.05, 0.1) is 20.3 Å². The fourth-order valence-electron chi connectivity index (χ4n) is 2.51. The van der Waals surface area contributed by atoms with Crippen molar-refractivity contribution in [2.24, 2.45) is 11.7 Å². The molecule has 1 aromatic carbocycles. The molecule has 0 radical (unpaired) electrons. The van der Waals surface area contributed by atoms with Crippen molar-refractivity contribution < 1.29 is 9.47 Å². The van der Waals surface area contributed by atoms with Crippen molar-refractivity contribution in [3.63, 3.8) is 0 Å². The van der Waals surface area contributed by atoms with Crippen molar-refractivity contribution in [2.75, 3.05) is 33.9 Å². The van der Waals surface area contributed by atoms with Gasteiger partial charge in [0.15, 0.2) is 0 Å². The third kappa shape index (κ3) is 4.12. The molecule has 0 heterocycles. The highest BCUT2D eigenvalue weighted by molar-refractivity contribution is 5.42. The molecule has 0 saturated heterocycles. The number of benzene rings is 1. The van der Waals surface area contributed by atoms with E-state index in [1.165, 1.54) is 0 Å². The molecule has 1 aromatic rings. The van der Waals surface area contributed by atoms with E-state index in [4.69, 9.17) is 15.2 Å². The van der Waals surface area contributed by atoms with Crippen molar-refractivity contribution in [2.45, 2.75) is 26.8 Å². The highest BCUT2D eigenvalue weighted by atomic mass is 16.5. The monoisotopic (exact) mass is 280 g/mol. The molecule has 4 heteroatoms. The third-order valence-electron chi connectivity index (χ3n) is 3.47. The van der Waals surface area contributed by atoms with Gasteiger partial charge in [0.25, 0.3) is 0 Å². The second kappa shape index (κ2) is 8.12. The van der Waals surface area contributed by atoms with Crippen LogP contribution >= 0.6 is 0 Å². The van der Waals surface area contributed by atoms with Crippen LogP contribution in [0.2, 0.25) is 0 Å². The molecule has 1 rings (SSSR count). The second-order valence-electron chi connectivity index (χ2n) is 5.34. The molecule has 1 unspecified atom stereocenters. The Morgan fingerprint density at radius 1 is 1.20 bits per heavy atom. The third-order valence-corrected chi connectivity index (χ3v) is 3.47. The number of hydrogen-bond donors (Lipinski definition) is 1. The standard InChI is InChI=1S/C16H28N2O2/c1-6-18(11-12(2)3)15(10-17)14-8-7-13(19-4)9-16(14)20-5/h7-9,12,15H,6,10-11,17H2,1-5H3. The lowest BCUT2D eigenvalue weighted by Crippen LogP contribution is -2.36. The van der Waals surface area contributed by atoms with Crippen LogP contribution in [-0.4, -0.2) is 38.8 Å². The highest BCUT2D eigenvalue weighted by Gasteiger charge is 2.22. The summed E-state index contributed by atoms with van der Waals surface area (Å²) in [7, 11) is 3.34. The number of likely N-dealkylation sites (N-methyl/N-ethyl adjacent to an activating group) is 1. The van der Waals surface area contributed by atoms with E-state index in [-0.39, 0.29) is 6.04 Å². The number of rotatable bonds is 8. The summed E-state index contributed by atoms with van der Waals surface area (Å²) < 4.78 is 10.8. The number of nitrogens with two attached hydrogens (primary N) is 1. The minimum absolute atomic E-state index is 0.170. The molecular formula is C16H28N2O2. The first-order valence-electron chi connectivity index (χ1n) is 7.23. The Hall–Kier alpha value is -1.26. The summed E-state index contributed by atoms with van der Waals surface area (Å²) in [6.45, 7) is 9.18. The smallest absolute Gasteiger partial charge is 0.127 e. The van der Waals surface area contributed by atoms with Crippen molar-refractivity contribution in [1.29, 1.82) is 0 Å². The van der Waals surface area contributed by atoms with Gasteiger partial charge in [-0.1, -0.05) is 26.8 Å². The van der Waals surface area contributed by atoms with Crippen molar-refractivity contribution in [3.05, 3.63) is 23.8 Å². The first-order chi connectivity index (χ1) is 9.57. The Morgan fingerprint density at radius 2 is 1.90 bits per heavy atom. The summed E-state index contributed by atoms with van der Waals surface area (Å²) in [6.07, 6.45) is 0. The summed E-state index contributed by atoms with van der Waals surface area (Å²) in [6, 6.07) is 6.10. The number of ether oxygens (including phenoxy) is 2. The minimum Gasteiger partial charge on any atom is -0.497 e. The molecule has 0 aliphatic carbocycles. The lowest BCUT2D eigenvalue weighted by atomic mass is 10.0. The van der Waals surface area contributed by atoms with Gasteiger partial charge in [-0.3, -0.25) is 4.90 Å². The van der Waals surface area contributed by atoms with Crippen LogP contribution in [0.25, 0.3) is 0 Å². The largest absolute Gasteiger partial charge is 0.497 e. The Labute approximate surface area is 122 Å². The number of nitrogens with zero attached hydrogens (tertiary/aromatic N) is 1. The lowest BCUT2D eigenvalue weighted by molar-refractivity contribution is 0.186. The molecule has 0 bridgehead atoms. The van der Waals surface area contributed by atoms with Crippen LogP contribution in [0.5, 0.6) is 11.5 Å². The van der Waals surface area contributed by atoms with E-state index in [1.54, 1.807) is 14.2 Å². The molecule has 0 aliphatic heterocycles. The van der Waals surface area contributed by atoms with E-state index in [2.05, 4.69) is 31.7 Å². The van der Waals surface area contributed by atoms with Crippen LogP contribution < -0.4 is 15.2 Å². The Morgan fingerprint density at radius 3 is 2.35 bits per heavy atom. The van der Waals surface area contributed by atoms with Crippen LogP contribution in [0.3, 0.4) is 0 Å². The van der Waals surface area contributed by atoms with E-state index < -0.39 is 0 Å². The first kappa shape index (κ1) is 16.8. The maximum absolute atomic E-state index is 6.02. The van der Waals surface area contributed by atoms with Gasteiger partial charge in [-0.25, -0.2) is 0 Å². The van der Waals surface area contributed by atoms with Crippen LogP contribution in [0.15, 0.2) is 18.2 Å². The van der Waals surface area contributed by atoms with Crippen molar-refractivity contribution in [3.8, 4) is 11.5 Å². The Bertz CT molecular complexity index is 407. The zero-order valence-corrected chi connectivity index (χ0v) is 13.3. The van der Waals surface area contributed by atoms with Crippen molar-refractivity contribution >= 4 is 0 Å². The Balaban J connectivity index is 3.09. The van der Waals surface area contributed by atoms with E-state index in [1.807, 2.05) is 12.1 Å². The maximum atomic E-state index is 6.02. The molecule has 0 saturated carbocycles. The van der Waals surface area contributed by atoms with Gasteiger partial charge in [0, 0.05) is 24.7 Å². The molecule has 0 amide bonds. The molecule has 20 heavy (non-hydrogen) atoms. The second-order valence-corrected chi connectivity index (χ2v) is 5.34. The first-order valence-corrected chi connectivity index (χ1v) is 7.23. The zero-order valence-electron chi connectivity index (χ0n) is 13.3. The molecule has 0 spiro atoms. The van der Waals surface area contributed by atoms with Gasteiger partial charge in [-0.05, 0) is 18.5 Å². The molecule has 0 aromatic heterocycles. The van der Waals surface area contributed by atoms with Crippen LogP contribution in [0.4, 0.5) is 0 Å². The molecular weight excluding hydrogens is 252 g/mol. The normalized spacial score (nSPS) is 12.8. The molecule has 1 atom stereocenters. The van der Waals surface area contributed by atoms with E-state index in [0.717, 1.165) is 30.2 Å². The van der Waals surface area contributed by atoms with Gasteiger partial charge >= 0.3 is 0 Å². The van der Waals surface area contributed by atoms with Crippen LogP contribution in [-0.2, 0) is 0 Å².